The highest BCUT2D eigenvalue weighted by molar-refractivity contribution is 5.83. The molecule has 2 heteroatoms. The van der Waals surface area contributed by atoms with E-state index in [0.717, 1.165) is 11.1 Å². The van der Waals surface area contributed by atoms with Gasteiger partial charge in [0.15, 0.2) is 0 Å². The molecule has 0 aliphatic rings. The molecule has 0 bridgehead atoms. The summed E-state index contributed by atoms with van der Waals surface area (Å²) in [5, 5.41) is 0. The minimum absolute atomic E-state index is 0.0396. The van der Waals surface area contributed by atoms with Gasteiger partial charge >= 0.3 is 5.97 Å². The Balaban J connectivity index is 3.23. The fourth-order valence-electron chi connectivity index (χ4n) is 2.54. The van der Waals surface area contributed by atoms with Gasteiger partial charge in [0.2, 0.25) is 0 Å². The number of ether oxygens (including phenoxy) is 1. The zero-order valence-corrected chi connectivity index (χ0v) is 18.3. The van der Waals surface area contributed by atoms with Crippen LogP contribution in [0.15, 0.2) is 48.1 Å². The second-order valence-corrected chi connectivity index (χ2v) is 8.78. The minimum atomic E-state index is -0.314. The highest BCUT2D eigenvalue weighted by Gasteiger charge is 2.20. The van der Waals surface area contributed by atoms with E-state index in [-0.39, 0.29) is 16.8 Å². The number of benzene rings is 1. The van der Waals surface area contributed by atoms with Crippen molar-refractivity contribution in [1.29, 1.82) is 0 Å². The summed E-state index contributed by atoms with van der Waals surface area (Å²) in [5.41, 5.74) is 5.48. The van der Waals surface area contributed by atoms with Crippen LogP contribution in [0.25, 0.3) is 5.57 Å². The Labute approximate surface area is 167 Å². The quantitative estimate of drug-likeness (QED) is 0.326. The van der Waals surface area contributed by atoms with E-state index in [1.807, 2.05) is 19.1 Å². The number of carbonyl (C=O) groups excluding carboxylic acids is 1. The Morgan fingerprint density at radius 1 is 1.07 bits per heavy atom. The van der Waals surface area contributed by atoms with Gasteiger partial charge in [-0.25, -0.2) is 4.79 Å². The van der Waals surface area contributed by atoms with E-state index < -0.39 is 0 Å². The molecule has 0 spiro atoms. The van der Waals surface area contributed by atoms with Crippen LogP contribution < -0.4 is 0 Å². The van der Waals surface area contributed by atoms with Gasteiger partial charge in [-0.2, -0.15) is 0 Å². The molecule has 0 saturated carbocycles. The number of hydrogen-bond acceptors (Lipinski definition) is 2. The van der Waals surface area contributed by atoms with Crippen molar-refractivity contribution in [3.05, 3.63) is 64.8 Å². The van der Waals surface area contributed by atoms with Crippen molar-refractivity contribution in [1.82, 2.24) is 0 Å². The summed E-state index contributed by atoms with van der Waals surface area (Å²) in [4.78, 5) is 11.5. The van der Waals surface area contributed by atoms with E-state index in [4.69, 9.17) is 6.11 Å². The molecule has 1 rings (SSSR count). The number of allylic oxidation sites excluding steroid dienone is 5. The van der Waals surface area contributed by atoms with Gasteiger partial charge in [0.25, 0.3) is 0 Å². The topological polar surface area (TPSA) is 26.3 Å². The first-order valence-corrected chi connectivity index (χ1v) is 9.56. The largest absolute Gasteiger partial charge is 0.463 e. The van der Waals surface area contributed by atoms with Crippen molar-refractivity contribution >= 4 is 11.5 Å². The predicted octanol–water partition coefficient (Wildman–Crippen LogP) is 6.75. The van der Waals surface area contributed by atoms with Gasteiger partial charge < -0.3 is 4.74 Å². The molecule has 0 aliphatic carbocycles. The number of esters is 1. The SMILES string of the molecule is [2H]CC(C)(C)c1cc(/C(C)=C/C=C/C(C)=C/C(=O)OCC)cc(C(C)(C)C)c1. The van der Waals surface area contributed by atoms with Gasteiger partial charge in [-0.15, -0.1) is 0 Å². The minimum Gasteiger partial charge on any atom is -0.463 e. The Morgan fingerprint density at radius 3 is 2.19 bits per heavy atom. The van der Waals surface area contributed by atoms with Crippen LogP contribution in [-0.4, -0.2) is 12.6 Å². The molecule has 0 aliphatic heterocycles. The van der Waals surface area contributed by atoms with Crippen LogP contribution in [0.2, 0.25) is 0 Å². The Bertz CT molecular complexity index is 774. The van der Waals surface area contributed by atoms with Crippen LogP contribution in [0, 0.1) is 0 Å². The highest BCUT2D eigenvalue weighted by atomic mass is 16.5. The second-order valence-electron chi connectivity index (χ2n) is 8.78. The molecule has 0 saturated heterocycles. The Hall–Kier alpha value is -2.09. The van der Waals surface area contributed by atoms with Crippen molar-refractivity contribution in [2.24, 2.45) is 0 Å². The van der Waals surface area contributed by atoms with Crippen molar-refractivity contribution in [3.8, 4) is 0 Å². The fraction of sp³-hybridized carbons (Fsp3) is 0.480. The van der Waals surface area contributed by atoms with Crippen molar-refractivity contribution in [3.63, 3.8) is 0 Å². The standard InChI is InChI=1S/C25H36O2/c1-10-27-23(26)14-18(2)12-11-13-19(3)20-15-21(24(4,5)6)17-22(16-20)25(7,8)9/h11-17H,10H2,1-9H3/b12-11+,18-14+,19-13+/i4D. The lowest BCUT2D eigenvalue weighted by Gasteiger charge is -2.26. The van der Waals surface area contributed by atoms with Crippen LogP contribution in [-0.2, 0) is 20.4 Å². The molecule has 2 nitrogen and oxygen atoms in total. The molecular formula is C25H36O2. The van der Waals surface area contributed by atoms with E-state index in [9.17, 15) is 4.79 Å². The van der Waals surface area contributed by atoms with Gasteiger partial charge in [-0.1, -0.05) is 77.9 Å². The first kappa shape index (κ1) is 21.2. The smallest absolute Gasteiger partial charge is 0.330 e. The van der Waals surface area contributed by atoms with Gasteiger partial charge in [-0.05, 0) is 59.4 Å². The van der Waals surface area contributed by atoms with Crippen LogP contribution in [0.3, 0.4) is 0 Å². The molecule has 148 valence electrons. The van der Waals surface area contributed by atoms with Crippen LogP contribution in [0.4, 0.5) is 0 Å². The van der Waals surface area contributed by atoms with Gasteiger partial charge in [0.05, 0.1) is 6.61 Å². The number of hydrogen-bond donors (Lipinski definition) is 0. The van der Waals surface area contributed by atoms with Gasteiger partial charge in [0, 0.05) is 7.45 Å². The molecule has 0 radical (unpaired) electrons. The predicted molar refractivity (Wildman–Crippen MR) is 117 cm³/mol. The van der Waals surface area contributed by atoms with E-state index in [1.165, 1.54) is 22.8 Å². The van der Waals surface area contributed by atoms with Crippen LogP contribution in [0.5, 0.6) is 0 Å². The molecule has 0 N–H and O–H groups in total. The summed E-state index contributed by atoms with van der Waals surface area (Å²) in [6, 6.07) is 6.68. The fourth-order valence-corrected chi connectivity index (χ4v) is 2.54. The van der Waals surface area contributed by atoms with Crippen LogP contribution >= 0.6 is 0 Å². The molecule has 1 aromatic rings. The Morgan fingerprint density at radius 2 is 1.67 bits per heavy atom. The van der Waals surface area contributed by atoms with Crippen molar-refractivity contribution < 1.29 is 10.9 Å². The highest BCUT2D eigenvalue weighted by Crippen LogP contribution is 2.32. The van der Waals surface area contributed by atoms with E-state index in [2.05, 4.69) is 65.8 Å². The zero-order valence-electron chi connectivity index (χ0n) is 19.3. The molecule has 1 aromatic carbocycles. The molecule has 0 heterocycles. The lowest BCUT2D eigenvalue weighted by molar-refractivity contribution is -0.137. The molecule has 0 aromatic heterocycles. The van der Waals surface area contributed by atoms with Gasteiger partial charge in [-0.3, -0.25) is 0 Å². The molecule has 0 unspecified atom stereocenters. The van der Waals surface area contributed by atoms with E-state index >= 15 is 0 Å². The van der Waals surface area contributed by atoms with Crippen molar-refractivity contribution in [2.45, 2.75) is 73.1 Å². The maximum atomic E-state index is 11.5. The zero-order chi connectivity index (χ0) is 21.5. The third kappa shape index (κ3) is 7.58. The summed E-state index contributed by atoms with van der Waals surface area (Å²) < 4.78 is 12.9. The molecule has 27 heavy (non-hydrogen) atoms. The lowest BCUT2D eigenvalue weighted by atomic mass is 9.79. The maximum absolute atomic E-state index is 11.5. The average molecular weight is 370 g/mol. The summed E-state index contributed by atoms with van der Waals surface area (Å²) >= 11 is 0. The third-order valence-corrected chi connectivity index (χ3v) is 4.37. The first-order chi connectivity index (χ1) is 12.9. The summed E-state index contributed by atoms with van der Waals surface area (Å²) in [7, 11) is 0. The first-order valence-electron chi connectivity index (χ1n) is 10.3. The monoisotopic (exact) mass is 369 g/mol. The lowest BCUT2D eigenvalue weighted by Crippen LogP contribution is -2.16. The van der Waals surface area contributed by atoms with E-state index in [1.54, 1.807) is 6.92 Å². The summed E-state index contributed by atoms with van der Waals surface area (Å²) in [6.45, 7) is 17.4. The van der Waals surface area contributed by atoms with E-state index in [0.29, 0.717) is 13.5 Å². The normalized spacial score (nSPS) is 14.4. The second kappa shape index (κ2) is 9.21. The summed E-state index contributed by atoms with van der Waals surface area (Å²) in [6.07, 6.45) is 7.42. The molecule has 0 fully saturated rings. The Kier molecular flexibility index (Phi) is 7.24. The third-order valence-electron chi connectivity index (χ3n) is 4.37. The summed E-state index contributed by atoms with van der Waals surface area (Å²) in [5.74, 6) is -0.314. The van der Waals surface area contributed by atoms with Gasteiger partial charge in [0.1, 0.15) is 0 Å². The average Bonchev–Trinajstić information content (AvgIpc) is 2.60. The van der Waals surface area contributed by atoms with Crippen molar-refractivity contribution in [2.75, 3.05) is 6.61 Å². The maximum Gasteiger partial charge on any atom is 0.330 e. The molecule has 0 atom stereocenters. The van der Waals surface area contributed by atoms with Crippen LogP contribution in [0.1, 0.15) is 80.4 Å². The number of carbonyl (C=O) groups is 1. The number of rotatable bonds is 5. The molecular weight excluding hydrogens is 332 g/mol. The molecule has 0 amide bonds.